The Labute approximate surface area is 60.2 Å². The lowest BCUT2D eigenvalue weighted by atomic mass is 10.1. The van der Waals surface area contributed by atoms with Gasteiger partial charge in [0.2, 0.25) is 0 Å². The first-order valence-corrected chi connectivity index (χ1v) is 5.08. The average Bonchev–Trinajstić information content (AvgIpc) is 1.90. The molecule has 54 valence electrons. The van der Waals surface area contributed by atoms with E-state index in [0.717, 1.165) is 12.1 Å². The molecule has 1 nitrogen and oxygen atoms in total. The third kappa shape index (κ3) is 2.10. The van der Waals surface area contributed by atoms with Gasteiger partial charge >= 0.3 is 0 Å². The fraction of sp³-hybridized carbons (Fsp3) is 1.00. The summed E-state index contributed by atoms with van der Waals surface area (Å²) in [5, 5.41) is 0. The van der Waals surface area contributed by atoms with Gasteiger partial charge in [0, 0.05) is 16.8 Å². The van der Waals surface area contributed by atoms with Gasteiger partial charge in [-0.2, -0.15) is 0 Å². The molecule has 0 saturated carbocycles. The predicted molar refractivity (Wildman–Crippen MR) is 43.0 cm³/mol. The van der Waals surface area contributed by atoms with Gasteiger partial charge in [0.1, 0.15) is 0 Å². The topological polar surface area (TPSA) is 9.23 Å². The van der Waals surface area contributed by atoms with Gasteiger partial charge in [0.15, 0.2) is 0 Å². The maximum absolute atomic E-state index is 5.57. The van der Waals surface area contributed by atoms with Crippen LogP contribution in [0.25, 0.3) is 0 Å². The molecule has 1 rings (SSSR count). The summed E-state index contributed by atoms with van der Waals surface area (Å²) < 4.78 is 5.57. The Balaban J connectivity index is 2.23. The van der Waals surface area contributed by atoms with Crippen LogP contribution in [0.4, 0.5) is 0 Å². The highest BCUT2D eigenvalue weighted by Gasteiger charge is 2.16. The molecule has 9 heavy (non-hydrogen) atoms. The van der Waals surface area contributed by atoms with Crippen LogP contribution >= 0.6 is 0 Å². The minimum absolute atomic E-state index is 0.616. The Morgan fingerprint density at radius 3 is 2.67 bits per heavy atom. The standard InChI is InChI=1S/C7H16OSi/c1-6(9)7-4-2-3-5-8-7/h6-7H,2-5H2,1,9H3. The molecule has 0 amide bonds. The second kappa shape index (κ2) is 3.37. The van der Waals surface area contributed by atoms with Crippen molar-refractivity contribution >= 4 is 10.2 Å². The molecule has 0 aliphatic carbocycles. The van der Waals surface area contributed by atoms with Crippen molar-refractivity contribution in [2.75, 3.05) is 6.61 Å². The van der Waals surface area contributed by atoms with Crippen LogP contribution in [0.2, 0.25) is 5.54 Å². The van der Waals surface area contributed by atoms with Gasteiger partial charge < -0.3 is 4.74 Å². The van der Waals surface area contributed by atoms with Crippen LogP contribution in [0.3, 0.4) is 0 Å². The summed E-state index contributed by atoms with van der Waals surface area (Å²) >= 11 is 0. The van der Waals surface area contributed by atoms with Crippen LogP contribution in [0.1, 0.15) is 26.2 Å². The van der Waals surface area contributed by atoms with Crippen molar-refractivity contribution in [1.82, 2.24) is 0 Å². The zero-order valence-corrected chi connectivity index (χ0v) is 8.39. The van der Waals surface area contributed by atoms with E-state index >= 15 is 0 Å². The van der Waals surface area contributed by atoms with Gasteiger partial charge in [0.05, 0.1) is 6.10 Å². The summed E-state index contributed by atoms with van der Waals surface area (Å²) in [5.41, 5.74) is 0.852. The summed E-state index contributed by atoms with van der Waals surface area (Å²) in [6.07, 6.45) is 4.59. The molecule has 2 atom stereocenters. The molecule has 0 N–H and O–H groups in total. The third-order valence-electron chi connectivity index (χ3n) is 1.96. The minimum Gasteiger partial charge on any atom is -0.378 e. The molecule has 0 aromatic rings. The first-order chi connectivity index (χ1) is 4.30. The lowest BCUT2D eigenvalue weighted by Crippen LogP contribution is -2.22. The third-order valence-corrected chi connectivity index (χ3v) is 2.70. The second-order valence-corrected chi connectivity index (χ2v) is 4.97. The molecule has 1 heterocycles. The molecule has 2 unspecified atom stereocenters. The van der Waals surface area contributed by atoms with Gasteiger partial charge in [-0.05, 0) is 24.8 Å². The van der Waals surface area contributed by atoms with Gasteiger partial charge in [0.25, 0.3) is 0 Å². The summed E-state index contributed by atoms with van der Waals surface area (Å²) in [4.78, 5) is 0. The van der Waals surface area contributed by atoms with Crippen LogP contribution in [0, 0.1) is 0 Å². The maximum atomic E-state index is 5.57. The summed E-state index contributed by atoms with van der Waals surface area (Å²) in [6.45, 7) is 3.31. The fourth-order valence-corrected chi connectivity index (χ4v) is 1.82. The zero-order valence-electron chi connectivity index (χ0n) is 6.39. The summed E-state index contributed by atoms with van der Waals surface area (Å²) in [6, 6.07) is 0. The van der Waals surface area contributed by atoms with Crippen molar-refractivity contribution in [3.8, 4) is 0 Å². The van der Waals surface area contributed by atoms with Crippen molar-refractivity contribution in [2.24, 2.45) is 0 Å². The fourth-order valence-electron chi connectivity index (χ4n) is 1.29. The highest BCUT2D eigenvalue weighted by atomic mass is 28.1. The van der Waals surface area contributed by atoms with E-state index in [0.29, 0.717) is 6.10 Å². The highest BCUT2D eigenvalue weighted by Crippen LogP contribution is 2.20. The van der Waals surface area contributed by atoms with E-state index < -0.39 is 0 Å². The zero-order chi connectivity index (χ0) is 6.69. The van der Waals surface area contributed by atoms with Crippen molar-refractivity contribution in [3.05, 3.63) is 0 Å². The molecule has 0 radical (unpaired) electrons. The van der Waals surface area contributed by atoms with E-state index in [1.165, 1.54) is 29.5 Å². The Kier molecular flexibility index (Phi) is 2.73. The van der Waals surface area contributed by atoms with Gasteiger partial charge in [-0.25, -0.2) is 0 Å². The minimum atomic E-state index is 0.616. The second-order valence-electron chi connectivity index (χ2n) is 3.15. The first kappa shape index (κ1) is 7.29. The Morgan fingerprint density at radius 2 is 2.33 bits per heavy atom. The smallest absolute Gasteiger partial charge is 0.0568 e. The van der Waals surface area contributed by atoms with Crippen molar-refractivity contribution < 1.29 is 4.74 Å². The van der Waals surface area contributed by atoms with Crippen LogP contribution < -0.4 is 0 Å². The molecule has 2 heteroatoms. The molecule has 1 aliphatic heterocycles. The molecule has 1 aliphatic rings. The van der Waals surface area contributed by atoms with Crippen molar-refractivity contribution in [1.29, 1.82) is 0 Å². The molecule has 1 saturated heterocycles. The van der Waals surface area contributed by atoms with E-state index in [1.807, 2.05) is 0 Å². The molecular weight excluding hydrogens is 128 g/mol. The molecule has 0 aromatic heterocycles. The van der Waals surface area contributed by atoms with Crippen molar-refractivity contribution in [2.45, 2.75) is 37.8 Å². The van der Waals surface area contributed by atoms with E-state index in [9.17, 15) is 0 Å². The van der Waals surface area contributed by atoms with Gasteiger partial charge in [-0.15, -0.1) is 0 Å². The molecule has 1 fully saturated rings. The van der Waals surface area contributed by atoms with E-state index in [2.05, 4.69) is 6.92 Å². The number of rotatable bonds is 1. The van der Waals surface area contributed by atoms with E-state index in [4.69, 9.17) is 4.74 Å². The molecular formula is C7H16OSi. The maximum Gasteiger partial charge on any atom is 0.0568 e. The summed E-state index contributed by atoms with van der Waals surface area (Å²) in [5.74, 6) is 0. The quantitative estimate of drug-likeness (QED) is 0.493. The molecule has 0 aromatic carbocycles. The lowest BCUT2D eigenvalue weighted by Gasteiger charge is -2.25. The largest absolute Gasteiger partial charge is 0.378 e. The Morgan fingerprint density at radius 1 is 1.56 bits per heavy atom. The molecule has 0 bridgehead atoms. The van der Waals surface area contributed by atoms with Gasteiger partial charge in [-0.1, -0.05) is 6.92 Å². The lowest BCUT2D eigenvalue weighted by molar-refractivity contribution is 0.0149. The first-order valence-electron chi connectivity index (χ1n) is 3.92. The Hall–Kier alpha value is 0.177. The number of ether oxygens (including phenoxy) is 1. The van der Waals surface area contributed by atoms with Crippen LogP contribution in [0.5, 0.6) is 0 Å². The monoisotopic (exact) mass is 144 g/mol. The van der Waals surface area contributed by atoms with E-state index in [1.54, 1.807) is 0 Å². The van der Waals surface area contributed by atoms with Crippen molar-refractivity contribution in [3.63, 3.8) is 0 Å². The Bertz CT molecular complexity index is 77.0. The SMILES string of the molecule is CC([SiH3])C1CCCCO1. The van der Waals surface area contributed by atoms with E-state index in [-0.39, 0.29) is 0 Å². The highest BCUT2D eigenvalue weighted by molar-refractivity contribution is 6.11. The normalized spacial score (nSPS) is 32.3. The average molecular weight is 144 g/mol. The summed E-state index contributed by atoms with van der Waals surface area (Å²) in [7, 11) is 1.28. The van der Waals surface area contributed by atoms with Crippen LogP contribution in [-0.4, -0.2) is 23.0 Å². The number of hydrogen-bond acceptors (Lipinski definition) is 1. The molecule has 0 spiro atoms. The van der Waals surface area contributed by atoms with Gasteiger partial charge in [-0.3, -0.25) is 0 Å². The van der Waals surface area contributed by atoms with Crippen LogP contribution in [0.15, 0.2) is 0 Å². The van der Waals surface area contributed by atoms with Crippen LogP contribution in [-0.2, 0) is 4.74 Å². The number of hydrogen-bond donors (Lipinski definition) is 0. The predicted octanol–water partition coefficient (Wildman–Crippen LogP) is 0.729.